The number of nitrogens with zero attached hydrogens (tertiary/aromatic N) is 2. The first-order valence-electron chi connectivity index (χ1n) is 10.5. The third kappa shape index (κ3) is 4.95. The Bertz CT molecular complexity index is 1350. The van der Waals surface area contributed by atoms with Crippen LogP contribution in [0.15, 0.2) is 79.0 Å². The first kappa shape index (κ1) is 24.5. The van der Waals surface area contributed by atoms with Gasteiger partial charge in [-0.05, 0) is 49.2 Å². The Labute approximate surface area is 197 Å². The number of halogens is 6. The summed E-state index contributed by atoms with van der Waals surface area (Å²) >= 11 is 0. The highest BCUT2D eigenvalue weighted by Crippen LogP contribution is 2.39. The van der Waals surface area contributed by atoms with Crippen molar-refractivity contribution < 1.29 is 31.4 Å². The molecule has 0 amide bonds. The highest BCUT2D eigenvalue weighted by Gasteiger charge is 2.36. The highest BCUT2D eigenvalue weighted by atomic mass is 19.4. The number of benzene rings is 3. The molecule has 0 atom stereocenters. The number of imidazole rings is 1. The van der Waals surface area contributed by atoms with Crippen molar-refractivity contribution in [2.75, 3.05) is 0 Å². The molecule has 4 aromatic rings. The van der Waals surface area contributed by atoms with Crippen molar-refractivity contribution in [1.82, 2.24) is 9.55 Å². The Hall–Kier alpha value is -3.59. The molecule has 0 spiro atoms. The van der Waals surface area contributed by atoms with Crippen molar-refractivity contribution in [1.29, 1.82) is 0 Å². The van der Waals surface area contributed by atoms with Crippen molar-refractivity contribution >= 4 is 0 Å². The van der Waals surface area contributed by atoms with Crippen LogP contribution in [0.25, 0.3) is 28.2 Å². The monoisotopic (exact) mass is 490 g/mol. The van der Waals surface area contributed by atoms with Gasteiger partial charge in [0.25, 0.3) is 0 Å². The van der Waals surface area contributed by atoms with Crippen LogP contribution < -0.4 is 0 Å². The van der Waals surface area contributed by atoms with E-state index in [1.54, 1.807) is 0 Å². The van der Waals surface area contributed by atoms with Gasteiger partial charge in [0.1, 0.15) is 11.4 Å². The molecule has 0 aliphatic carbocycles. The third-order valence-electron chi connectivity index (χ3n) is 5.50. The second kappa shape index (κ2) is 8.57. The summed E-state index contributed by atoms with van der Waals surface area (Å²) < 4.78 is 82.8. The molecule has 0 unspecified atom stereocenters. The van der Waals surface area contributed by atoms with Crippen molar-refractivity contribution in [2.45, 2.75) is 31.8 Å². The Morgan fingerprint density at radius 1 is 0.686 bits per heavy atom. The maximum Gasteiger partial charge on any atom is 0.417 e. The summed E-state index contributed by atoms with van der Waals surface area (Å²) in [5.41, 5.74) is -2.55. The zero-order valence-electron chi connectivity index (χ0n) is 18.6. The van der Waals surface area contributed by atoms with E-state index in [1.165, 1.54) is 85.3 Å². The summed E-state index contributed by atoms with van der Waals surface area (Å²) in [6.45, 7) is 2.91. The van der Waals surface area contributed by atoms with Crippen molar-refractivity contribution in [2.24, 2.45) is 0 Å². The van der Waals surface area contributed by atoms with E-state index in [9.17, 15) is 31.4 Å². The minimum Gasteiger partial charge on any atom is -0.384 e. The summed E-state index contributed by atoms with van der Waals surface area (Å²) in [6.07, 6.45) is -7.77. The normalized spacial score (nSPS) is 12.7. The number of alkyl halides is 6. The summed E-state index contributed by atoms with van der Waals surface area (Å²) in [6, 6.07) is 16.0. The molecule has 182 valence electrons. The average molecular weight is 490 g/mol. The van der Waals surface area contributed by atoms with Gasteiger partial charge in [0.15, 0.2) is 0 Å². The fourth-order valence-corrected chi connectivity index (χ4v) is 3.77. The number of hydrogen-bond acceptors (Lipinski definition) is 2. The zero-order chi connectivity index (χ0) is 25.6. The van der Waals surface area contributed by atoms with E-state index in [0.29, 0.717) is 11.3 Å². The van der Waals surface area contributed by atoms with E-state index in [2.05, 4.69) is 4.98 Å². The smallest absolute Gasteiger partial charge is 0.384 e. The molecule has 4 rings (SSSR count). The summed E-state index contributed by atoms with van der Waals surface area (Å²) in [7, 11) is 0. The molecule has 1 aromatic heterocycles. The Morgan fingerprint density at radius 3 is 1.69 bits per heavy atom. The third-order valence-corrected chi connectivity index (χ3v) is 5.50. The van der Waals surface area contributed by atoms with Gasteiger partial charge in [0.2, 0.25) is 0 Å². The number of rotatable bonds is 4. The van der Waals surface area contributed by atoms with Gasteiger partial charge in [-0.15, -0.1) is 0 Å². The largest absolute Gasteiger partial charge is 0.417 e. The quantitative estimate of drug-likeness (QED) is 0.301. The van der Waals surface area contributed by atoms with Crippen LogP contribution in [0.2, 0.25) is 0 Å². The lowest BCUT2D eigenvalue weighted by Gasteiger charge is -2.15. The van der Waals surface area contributed by atoms with Crippen LogP contribution in [-0.2, 0) is 18.0 Å². The molecule has 3 nitrogen and oxygen atoms in total. The van der Waals surface area contributed by atoms with E-state index in [-0.39, 0.29) is 22.6 Å². The first-order valence-corrected chi connectivity index (χ1v) is 10.5. The molecule has 1 heterocycles. The van der Waals surface area contributed by atoms with Gasteiger partial charge >= 0.3 is 12.4 Å². The van der Waals surface area contributed by atoms with Crippen molar-refractivity contribution in [3.8, 4) is 28.2 Å². The predicted octanol–water partition coefficient (Wildman–Crippen LogP) is 7.47. The Kier molecular flexibility index (Phi) is 6.00. The zero-order valence-corrected chi connectivity index (χ0v) is 18.6. The Balaban J connectivity index is 1.86. The topological polar surface area (TPSA) is 38.0 Å². The van der Waals surface area contributed by atoms with Gasteiger partial charge < -0.3 is 5.11 Å². The lowest BCUT2D eigenvalue weighted by atomic mass is 9.99. The van der Waals surface area contributed by atoms with Gasteiger partial charge in [-0.2, -0.15) is 26.3 Å². The highest BCUT2D eigenvalue weighted by molar-refractivity contribution is 5.70. The minimum atomic E-state index is -4.65. The molecule has 0 aliphatic rings. The van der Waals surface area contributed by atoms with Gasteiger partial charge in [0.05, 0.1) is 16.8 Å². The lowest BCUT2D eigenvalue weighted by molar-refractivity contribution is -0.137. The van der Waals surface area contributed by atoms with Crippen LogP contribution in [0.4, 0.5) is 26.3 Å². The van der Waals surface area contributed by atoms with E-state index in [4.69, 9.17) is 0 Å². The van der Waals surface area contributed by atoms with E-state index >= 15 is 0 Å². The van der Waals surface area contributed by atoms with Crippen LogP contribution in [-0.4, -0.2) is 14.7 Å². The molecule has 35 heavy (non-hydrogen) atoms. The van der Waals surface area contributed by atoms with Crippen LogP contribution in [0.3, 0.4) is 0 Å². The predicted molar refractivity (Wildman–Crippen MR) is 120 cm³/mol. The van der Waals surface area contributed by atoms with E-state index in [0.717, 1.165) is 12.1 Å². The van der Waals surface area contributed by atoms with Crippen LogP contribution in [0, 0.1) is 0 Å². The molecule has 9 heteroatoms. The summed E-state index contributed by atoms with van der Waals surface area (Å²) in [5.74, 6) is -0.0570. The van der Waals surface area contributed by atoms with Gasteiger partial charge in [-0.25, -0.2) is 4.98 Å². The molecule has 0 bridgehead atoms. The van der Waals surface area contributed by atoms with Gasteiger partial charge in [-0.3, -0.25) is 4.57 Å². The van der Waals surface area contributed by atoms with Crippen molar-refractivity contribution in [3.05, 3.63) is 95.8 Å². The molecule has 0 radical (unpaired) electrons. The molecule has 3 aromatic carbocycles. The summed E-state index contributed by atoms with van der Waals surface area (Å²) in [4.78, 5) is 4.29. The van der Waals surface area contributed by atoms with Crippen LogP contribution in [0.5, 0.6) is 0 Å². The lowest BCUT2D eigenvalue weighted by Crippen LogP contribution is -2.15. The number of aromatic nitrogens is 2. The SMILES string of the molecule is CC(C)(O)c1cn(-c2ccc(-c3ccccc3C(F)(F)F)cc2)c(-c2ccccc2C(F)(F)F)n1. The van der Waals surface area contributed by atoms with E-state index < -0.39 is 29.1 Å². The van der Waals surface area contributed by atoms with Gasteiger partial charge in [0, 0.05) is 17.4 Å². The fourth-order valence-electron chi connectivity index (χ4n) is 3.77. The average Bonchev–Trinajstić information content (AvgIpc) is 3.24. The molecule has 1 N–H and O–H groups in total. The van der Waals surface area contributed by atoms with Gasteiger partial charge in [-0.1, -0.05) is 48.5 Å². The molecule has 0 saturated heterocycles. The van der Waals surface area contributed by atoms with Crippen LogP contribution >= 0.6 is 0 Å². The second-order valence-corrected chi connectivity index (χ2v) is 8.51. The molecule has 0 aliphatic heterocycles. The number of aliphatic hydroxyl groups is 1. The fraction of sp³-hybridized carbons (Fsp3) is 0.192. The minimum absolute atomic E-state index is 0.0167. The maximum absolute atomic E-state index is 13.7. The first-order chi connectivity index (χ1) is 16.3. The second-order valence-electron chi connectivity index (χ2n) is 8.51. The Morgan fingerprint density at radius 2 is 1.17 bits per heavy atom. The molecule has 0 fully saturated rings. The summed E-state index contributed by atoms with van der Waals surface area (Å²) in [5, 5.41) is 10.4. The van der Waals surface area contributed by atoms with E-state index in [1.807, 2.05) is 0 Å². The van der Waals surface area contributed by atoms with Crippen LogP contribution in [0.1, 0.15) is 30.7 Å². The molecular formula is C26H20F6N2O. The number of hydrogen-bond donors (Lipinski definition) is 1. The van der Waals surface area contributed by atoms with Crippen molar-refractivity contribution in [3.63, 3.8) is 0 Å². The maximum atomic E-state index is 13.7. The molecular weight excluding hydrogens is 470 g/mol. The standard InChI is InChI=1S/C26H20F6N2O/c1-24(2,35)22-15-34(23(33-22)19-8-4-6-10-21(19)26(30,31)32)17-13-11-16(12-14-17)18-7-3-5-9-20(18)25(27,28)29/h3-15,35H,1-2H3. The molecule has 0 saturated carbocycles.